The van der Waals surface area contributed by atoms with Crippen molar-refractivity contribution in [3.05, 3.63) is 0 Å². The average Bonchev–Trinajstić information content (AvgIpc) is 2.55. The summed E-state index contributed by atoms with van der Waals surface area (Å²) >= 11 is 0. The molecule has 134 valence electrons. The molecule has 0 aromatic rings. The summed E-state index contributed by atoms with van der Waals surface area (Å²) in [6.07, 6.45) is 5.19. The maximum Gasteiger partial charge on any atom is 0.317 e. The van der Waals surface area contributed by atoms with Gasteiger partial charge in [-0.05, 0) is 32.7 Å². The Kier molecular flexibility index (Phi) is 9.17. The first-order chi connectivity index (χ1) is 11.0. The topological polar surface area (TPSA) is 72.9 Å². The first kappa shape index (κ1) is 19.9. The minimum atomic E-state index is -0.769. The smallest absolute Gasteiger partial charge is 0.317 e. The highest BCUT2D eigenvalue weighted by Crippen LogP contribution is 2.18. The Labute approximate surface area is 140 Å². The molecule has 1 unspecified atom stereocenters. The van der Waals surface area contributed by atoms with E-state index in [4.69, 9.17) is 5.11 Å². The van der Waals surface area contributed by atoms with E-state index in [0.717, 1.165) is 58.3 Å². The van der Waals surface area contributed by atoms with Crippen LogP contribution in [0.4, 0.5) is 0 Å². The van der Waals surface area contributed by atoms with Crippen molar-refractivity contribution in [2.24, 2.45) is 0 Å². The molecule has 0 radical (unpaired) electrons. The Hall–Kier alpha value is -1.14. The number of aliphatic carboxylic acids is 1. The number of hydrogen-bond acceptors (Lipinski definition) is 4. The molecule has 2 N–H and O–H groups in total. The van der Waals surface area contributed by atoms with Crippen LogP contribution >= 0.6 is 0 Å². The van der Waals surface area contributed by atoms with Gasteiger partial charge >= 0.3 is 5.97 Å². The van der Waals surface area contributed by atoms with E-state index in [-0.39, 0.29) is 18.5 Å². The average molecular weight is 327 g/mol. The highest BCUT2D eigenvalue weighted by Gasteiger charge is 2.29. The van der Waals surface area contributed by atoms with Crippen LogP contribution in [0.15, 0.2) is 0 Å². The van der Waals surface area contributed by atoms with Crippen molar-refractivity contribution in [1.82, 2.24) is 15.1 Å². The number of carboxylic acid groups (broad SMARTS) is 1. The second-order valence-corrected chi connectivity index (χ2v) is 6.40. The fourth-order valence-corrected chi connectivity index (χ4v) is 3.21. The Morgan fingerprint density at radius 1 is 1.26 bits per heavy atom. The lowest BCUT2D eigenvalue weighted by Crippen LogP contribution is -2.52. The molecule has 1 aliphatic heterocycles. The van der Waals surface area contributed by atoms with E-state index in [2.05, 4.69) is 17.1 Å². The second kappa shape index (κ2) is 10.6. The molecule has 1 rings (SSSR count). The van der Waals surface area contributed by atoms with Gasteiger partial charge in [0.15, 0.2) is 0 Å². The molecular formula is C17H33N3O3. The zero-order valence-corrected chi connectivity index (χ0v) is 14.9. The molecule has 1 atom stereocenters. The fraction of sp³-hybridized carbons (Fsp3) is 0.882. The first-order valence-corrected chi connectivity index (χ1v) is 8.97. The van der Waals surface area contributed by atoms with E-state index in [1.54, 1.807) is 0 Å². The third kappa shape index (κ3) is 6.87. The van der Waals surface area contributed by atoms with Gasteiger partial charge in [-0.3, -0.25) is 19.4 Å². The van der Waals surface area contributed by atoms with E-state index in [1.165, 1.54) is 0 Å². The van der Waals surface area contributed by atoms with Gasteiger partial charge in [0.1, 0.15) is 0 Å². The number of nitrogens with zero attached hydrogens (tertiary/aromatic N) is 2. The number of carbonyl (C=O) groups excluding carboxylic acids is 1. The van der Waals surface area contributed by atoms with Gasteiger partial charge in [-0.2, -0.15) is 0 Å². The lowest BCUT2D eigenvalue weighted by Gasteiger charge is -2.39. The number of likely N-dealkylation sites (tertiary alicyclic amines) is 1. The molecule has 6 nitrogen and oxygen atoms in total. The highest BCUT2D eigenvalue weighted by atomic mass is 16.4. The van der Waals surface area contributed by atoms with Gasteiger partial charge in [0.25, 0.3) is 0 Å². The molecule has 23 heavy (non-hydrogen) atoms. The SMILES string of the molecule is CCCCCNC(=O)C(C)N1CCC(N(CC)CC(=O)O)CC1. The summed E-state index contributed by atoms with van der Waals surface area (Å²) in [5.41, 5.74) is 0. The molecule has 0 aliphatic carbocycles. The monoisotopic (exact) mass is 327 g/mol. The van der Waals surface area contributed by atoms with Gasteiger partial charge in [0.2, 0.25) is 5.91 Å². The Morgan fingerprint density at radius 2 is 1.91 bits per heavy atom. The first-order valence-electron chi connectivity index (χ1n) is 8.97. The molecule has 6 heteroatoms. The van der Waals surface area contributed by atoms with Crippen LogP contribution in [-0.4, -0.2) is 71.6 Å². The number of carbonyl (C=O) groups is 2. The van der Waals surface area contributed by atoms with Gasteiger partial charge in [0, 0.05) is 25.7 Å². The number of piperidine rings is 1. The minimum absolute atomic E-state index is 0.105. The zero-order valence-electron chi connectivity index (χ0n) is 14.9. The number of hydrogen-bond donors (Lipinski definition) is 2. The maximum atomic E-state index is 12.2. The normalized spacial score (nSPS) is 18.1. The third-order valence-corrected chi connectivity index (χ3v) is 4.77. The molecule has 0 bridgehead atoms. The van der Waals surface area contributed by atoms with Crippen molar-refractivity contribution in [2.45, 2.75) is 65.0 Å². The lowest BCUT2D eigenvalue weighted by atomic mass is 10.0. The summed E-state index contributed by atoms with van der Waals surface area (Å²) in [6.45, 7) is 9.44. The Morgan fingerprint density at radius 3 is 2.43 bits per heavy atom. The van der Waals surface area contributed by atoms with Crippen molar-refractivity contribution < 1.29 is 14.7 Å². The number of likely N-dealkylation sites (N-methyl/N-ethyl adjacent to an activating group) is 1. The standard InChI is InChI=1S/C17H33N3O3/c1-4-6-7-10-18-17(23)14(3)20-11-8-15(9-12-20)19(5-2)13-16(21)22/h14-15H,4-13H2,1-3H3,(H,18,23)(H,21,22). The minimum Gasteiger partial charge on any atom is -0.480 e. The summed E-state index contributed by atoms with van der Waals surface area (Å²) in [4.78, 5) is 27.3. The summed E-state index contributed by atoms with van der Waals surface area (Å²) in [5, 5.41) is 12.0. The van der Waals surface area contributed by atoms with E-state index in [0.29, 0.717) is 6.04 Å². The maximum absolute atomic E-state index is 12.2. The van der Waals surface area contributed by atoms with Crippen molar-refractivity contribution in [2.75, 3.05) is 32.7 Å². The number of nitrogens with one attached hydrogen (secondary N) is 1. The van der Waals surface area contributed by atoms with E-state index < -0.39 is 5.97 Å². The molecule has 0 spiro atoms. The predicted octanol–water partition coefficient (Wildman–Crippen LogP) is 1.55. The van der Waals surface area contributed by atoms with E-state index in [9.17, 15) is 9.59 Å². The second-order valence-electron chi connectivity index (χ2n) is 6.40. The van der Waals surface area contributed by atoms with Crippen LogP contribution in [-0.2, 0) is 9.59 Å². The van der Waals surface area contributed by atoms with Crippen LogP contribution in [0.1, 0.15) is 52.9 Å². The predicted molar refractivity (Wildman–Crippen MR) is 91.5 cm³/mol. The zero-order chi connectivity index (χ0) is 17.2. The van der Waals surface area contributed by atoms with Gasteiger partial charge in [-0.15, -0.1) is 0 Å². The van der Waals surface area contributed by atoms with Crippen LogP contribution in [0.3, 0.4) is 0 Å². The van der Waals surface area contributed by atoms with Crippen molar-refractivity contribution in [3.63, 3.8) is 0 Å². The molecule has 0 aromatic carbocycles. The van der Waals surface area contributed by atoms with Gasteiger partial charge in [0.05, 0.1) is 12.6 Å². The number of amides is 1. The summed E-state index contributed by atoms with van der Waals surface area (Å²) in [6, 6.07) is 0.208. The van der Waals surface area contributed by atoms with Gasteiger partial charge in [-0.1, -0.05) is 26.7 Å². The fourth-order valence-electron chi connectivity index (χ4n) is 3.21. The van der Waals surface area contributed by atoms with Gasteiger partial charge in [-0.25, -0.2) is 0 Å². The molecule has 0 aromatic heterocycles. The Balaban J connectivity index is 2.36. The molecule has 1 amide bonds. The van der Waals surface area contributed by atoms with Crippen LogP contribution in [0, 0.1) is 0 Å². The van der Waals surface area contributed by atoms with E-state index >= 15 is 0 Å². The number of unbranched alkanes of at least 4 members (excludes halogenated alkanes) is 2. The van der Waals surface area contributed by atoms with Crippen LogP contribution in [0.2, 0.25) is 0 Å². The van der Waals surface area contributed by atoms with Crippen molar-refractivity contribution >= 4 is 11.9 Å². The van der Waals surface area contributed by atoms with Crippen molar-refractivity contribution in [1.29, 1.82) is 0 Å². The molecule has 0 saturated carbocycles. The van der Waals surface area contributed by atoms with Gasteiger partial charge < -0.3 is 10.4 Å². The molecular weight excluding hydrogens is 294 g/mol. The van der Waals surface area contributed by atoms with E-state index in [1.807, 2.05) is 18.7 Å². The molecule has 1 fully saturated rings. The Bertz CT molecular complexity index is 368. The summed E-state index contributed by atoms with van der Waals surface area (Å²) in [7, 11) is 0. The quantitative estimate of drug-likeness (QED) is 0.596. The van der Waals surface area contributed by atoms with Crippen molar-refractivity contribution in [3.8, 4) is 0 Å². The largest absolute Gasteiger partial charge is 0.480 e. The highest BCUT2D eigenvalue weighted by molar-refractivity contribution is 5.81. The van der Waals surface area contributed by atoms with Crippen LogP contribution < -0.4 is 5.32 Å². The summed E-state index contributed by atoms with van der Waals surface area (Å²) in [5.74, 6) is -0.661. The van der Waals surface area contributed by atoms with Crippen LogP contribution in [0.25, 0.3) is 0 Å². The lowest BCUT2D eigenvalue weighted by molar-refractivity contribution is -0.139. The molecule has 1 heterocycles. The van der Waals surface area contributed by atoms with Crippen LogP contribution in [0.5, 0.6) is 0 Å². The molecule has 1 aliphatic rings. The summed E-state index contributed by atoms with van der Waals surface area (Å²) < 4.78 is 0. The third-order valence-electron chi connectivity index (χ3n) is 4.77. The molecule has 1 saturated heterocycles. The number of carboxylic acids is 1. The number of rotatable bonds is 10.